The zero-order valence-electron chi connectivity index (χ0n) is 13.0. The second-order valence-electron chi connectivity index (χ2n) is 6.82. The molecular formula is C17H26ClN. The van der Waals surface area contributed by atoms with Crippen LogP contribution in [0.2, 0.25) is 0 Å². The lowest BCUT2D eigenvalue weighted by molar-refractivity contribution is 0.427. The summed E-state index contributed by atoms with van der Waals surface area (Å²) >= 11 is 6.28. The van der Waals surface area contributed by atoms with Gasteiger partial charge in [0.1, 0.15) is 0 Å². The summed E-state index contributed by atoms with van der Waals surface area (Å²) in [6.07, 6.45) is 5.99. The second-order valence-corrected chi connectivity index (χ2v) is 7.23. The van der Waals surface area contributed by atoms with E-state index in [2.05, 4.69) is 51.7 Å². The Balaban J connectivity index is 2.80. The molecule has 0 fully saturated rings. The van der Waals surface area contributed by atoms with Gasteiger partial charge in [-0.05, 0) is 37.5 Å². The fraction of sp³-hybridized carbons (Fsp3) is 0.588. The van der Waals surface area contributed by atoms with Crippen molar-refractivity contribution in [2.45, 2.75) is 59.8 Å². The number of nitrogens with zero attached hydrogens (tertiary/aromatic N) is 1. The molecule has 1 nitrogen and oxygen atoms in total. The van der Waals surface area contributed by atoms with Crippen LogP contribution in [0, 0.1) is 5.41 Å². The molecule has 1 heterocycles. The van der Waals surface area contributed by atoms with Crippen LogP contribution in [-0.2, 0) is 11.8 Å². The summed E-state index contributed by atoms with van der Waals surface area (Å²) in [6, 6.07) is 4.33. The Bertz CT molecular complexity index is 453. The number of halogens is 1. The summed E-state index contributed by atoms with van der Waals surface area (Å²) in [5.41, 5.74) is 2.64. The fourth-order valence-electron chi connectivity index (χ4n) is 2.01. The molecule has 19 heavy (non-hydrogen) atoms. The van der Waals surface area contributed by atoms with Crippen LogP contribution in [0.15, 0.2) is 29.4 Å². The summed E-state index contributed by atoms with van der Waals surface area (Å²) in [5.74, 6) is 0. The van der Waals surface area contributed by atoms with E-state index in [4.69, 9.17) is 11.6 Å². The molecule has 1 aromatic rings. The van der Waals surface area contributed by atoms with Crippen molar-refractivity contribution in [2.75, 3.05) is 0 Å². The van der Waals surface area contributed by atoms with Gasteiger partial charge in [-0.25, -0.2) is 0 Å². The largest absolute Gasteiger partial charge is 0.261 e. The van der Waals surface area contributed by atoms with E-state index in [1.165, 1.54) is 5.56 Å². The van der Waals surface area contributed by atoms with E-state index in [1.54, 1.807) is 0 Å². The van der Waals surface area contributed by atoms with Gasteiger partial charge in [-0.15, -0.1) is 0 Å². The molecule has 0 aromatic carbocycles. The summed E-state index contributed by atoms with van der Waals surface area (Å²) in [6.45, 7) is 13.0. The molecule has 0 atom stereocenters. The third-order valence-electron chi connectivity index (χ3n) is 3.53. The van der Waals surface area contributed by atoms with Crippen LogP contribution in [0.3, 0.4) is 0 Å². The van der Waals surface area contributed by atoms with Crippen LogP contribution in [-0.4, -0.2) is 4.98 Å². The molecule has 0 radical (unpaired) electrons. The number of hydrogen-bond donors (Lipinski definition) is 0. The average molecular weight is 280 g/mol. The molecule has 0 spiro atoms. The monoisotopic (exact) mass is 279 g/mol. The lowest BCUT2D eigenvalue weighted by atomic mass is 9.84. The fourth-order valence-corrected chi connectivity index (χ4v) is 2.10. The van der Waals surface area contributed by atoms with Gasteiger partial charge < -0.3 is 0 Å². The number of allylic oxidation sites excluding steroid dienone is 2. The van der Waals surface area contributed by atoms with Crippen molar-refractivity contribution in [3.05, 3.63) is 40.7 Å². The van der Waals surface area contributed by atoms with E-state index in [9.17, 15) is 0 Å². The molecule has 0 unspecified atom stereocenters. The minimum absolute atomic E-state index is 0.0431. The molecule has 1 rings (SSSR count). The molecule has 0 saturated carbocycles. The molecule has 0 aliphatic rings. The molecule has 2 heteroatoms. The van der Waals surface area contributed by atoms with Gasteiger partial charge in [0.05, 0.1) is 0 Å². The third kappa shape index (κ3) is 4.65. The molecule has 0 amide bonds. The predicted octanol–water partition coefficient (Wildman–Crippen LogP) is 5.48. The minimum Gasteiger partial charge on any atom is -0.261 e. The Morgan fingerprint density at radius 3 is 2.42 bits per heavy atom. The van der Waals surface area contributed by atoms with Crippen molar-refractivity contribution < 1.29 is 0 Å². The lowest BCUT2D eigenvalue weighted by Gasteiger charge is -2.24. The highest BCUT2D eigenvalue weighted by Crippen LogP contribution is 2.34. The van der Waals surface area contributed by atoms with Crippen LogP contribution in [0.4, 0.5) is 0 Å². The Morgan fingerprint density at radius 2 is 1.89 bits per heavy atom. The van der Waals surface area contributed by atoms with Crippen molar-refractivity contribution in [1.82, 2.24) is 4.98 Å². The Hall–Kier alpha value is -0.820. The maximum absolute atomic E-state index is 6.28. The zero-order valence-corrected chi connectivity index (χ0v) is 13.8. The van der Waals surface area contributed by atoms with Gasteiger partial charge in [0, 0.05) is 27.8 Å². The molecule has 0 aliphatic carbocycles. The van der Waals surface area contributed by atoms with E-state index in [-0.39, 0.29) is 10.8 Å². The van der Waals surface area contributed by atoms with Crippen molar-refractivity contribution in [1.29, 1.82) is 0 Å². The SMILES string of the molecule is C/C=C(/Cl)C(C)(C)CCc1ccnc(C(C)(C)C)c1. The van der Waals surface area contributed by atoms with E-state index < -0.39 is 0 Å². The van der Waals surface area contributed by atoms with E-state index in [1.807, 2.05) is 19.2 Å². The van der Waals surface area contributed by atoms with Crippen LogP contribution < -0.4 is 0 Å². The molecule has 0 saturated heterocycles. The van der Waals surface area contributed by atoms with Crippen LogP contribution in [0.1, 0.15) is 59.2 Å². The zero-order chi connectivity index (χ0) is 14.7. The number of pyridine rings is 1. The molecule has 0 aliphatic heterocycles. The number of aromatic nitrogens is 1. The Labute approximate surface area is 123 Å². The third-order valence-corrected chi connectivity index (χ3v) is 4.26. The maximum atomic E-state index is 6.28. The first kappa shape index (κ1) is 16.2. The van der Waals surface area contributed by atoms with Crippen LogP contribution in [0.5, 0.6) is 0 Å². The van der Waals surface area contributed by atoms with E-state index in [0.29, 0.717) is 0 Å². The second kappa shape index (κ2) is 6.09. The van der Waals surface area contributed by atoms with Crippen molar-refractivity contribution >= 4 is 11.6 Å². The molecule has 0 bridgehead atoms. The highest BCUT2D eigenvalue weighted by atomic mass is 35.5. The van der Waals surface area contributed by atoms with Crippen molar-refractivity contribution in [2.24, 2.45) is 5.41 Å². The van der Waals surface area contributed by atoms with E-state index in [0.717, 1.165) is 23.6 Å². The normalized spacial score (nSPS) is 13.7. The van der Waals surface area contributed by atoms with Gasteiger partial charge in [0.15, 0.2) is 0 Å². The van der Waals surface area contributed by atoms with Crippen LogP contribution >= 0.6 is 11.6 Å². The summed E-state index contributed by atoms with van der Waals surface area (Å²) in [4.78, 5) is 4.47. The first-order valence-corrected chi connectivity index (χ1v) is 7.32. The maximum Gasteiger partial charge on any atom is 0.0459 e. The van der Waals surface area contributed by atoms with Gasteiger partial charge in [0.2, 0.25) is 0 Å². The highest BCUT2D eigenvalue weighted by molar-refractivity contribution is 6.30. The smallest absolute Gasteiger partial charge is 0.0459 e. The van der Waals surface area contributed by atoms with Gasteiger partial charge in [0.25, 0.3) is 0 Å². The van der Waals surface area contributed by atoms with Gasteiger partial charge >= 0.3 is 0 Å². The highest BCUT2D eigenvalue weighted by Gasteiger charge is 2.21. The summed E-state index contributed by atoms with van der Waals surface area (Å²) in [7, 11) is 0. The molecule has 0 N–H and O–H groups in total. The Kier molecular flexibility index (Phi) is 5.20. The first-order valence-electron chi connectivity index (χ1n) is 6.94. The summed E-state index contributed by atoms with van der Waals surface area (Å²) < 4.78 is 0. The summed E-state index contributed by atoms with van der Waals surface area (Å²) in [5, 5.41) is 0.942. The van der Waals surface area contributed by atoms with Gasteiger partial charge in [-0.2, -0.15) is 0 Å². The topological polar surface area (TPSA) is 12.9 Å². The minimum atomic E-state index is 0.0431. The lowest BCUT2D eigenvalue weighted by Crippen LogP contribution is -2.15. The molecular weight excluding hydrogens is 254 g/mol. The van der Waals surface area contributed by atoms with Gasteiger partial charge in [-0.1, -0.05) is 52.3 Å². The van der Waals surface area contributed by atoms with Crippen molar-refractivity contribution in [3.63, 3.8) is 0 Å². The molecule has 106 valence electrons. The average Bonchev–Trinajstić information content (AvgIpc) is 2.35. The number of hydrogen-bond acceptors (Lipinski definition) is 1. The Morgan fingerprint density at radius 1 is 1.26 bits per heavy atom. The standard InChI is InChI=1S/C17H26ClN/c1-7-14(18)17(5,6)10-8-13-9-11-19-15(12-13)16(2,3)4/h7,9,11-12H,8,10H2,1-6H3/b14-7+. The predicted molar refractivity (Wildman–Crippen MR) is 84.6 cm³/mol. The van der Waals surface area contributed by atoms with Gasteiger partial charge in [-0.3, -0.25) is 4.98 Å². The number of rotatable bonds is 4. The van der Waals surface area contributed by atoms with Crippen molar-refractivity contribution in [3.8, 4) is 0 Å². The van der Waals surface area contributed by atoms with Crippen LogP contribution in [0.25, 0.3) is 0 Å². The molecule has 1 aromatic heterocycles. The van der Waals surface area contributed by atoms with E-state index >= 15 is 0 Å². The first-order chi connectivity index (χ1) is 8.66. The number of aryl methyl sites for hydroxylation is 1. The quantitative estimate of drug-likeness (QED) is 0.711.